The van der Waals surface area contributed by atoms with Crippen LogP contribution in [0.1, 0.15) is 56.1 Å². The molecule has 3 fully saturated rings. The number of piperidine rings is 1. The van der Waals surface area contributed by atoms with E-state index in [0.29, 0.717) is 36.7 Å². The summed E-state index contributed by atoms with van der Waals surface area (Å²) in [6, 6.07) is 1.20. The second kappa shape index (κ2) is 7.63. The van der Waals surface area contributed by atoms with E-state index in [-0.39, 0.29) is 6.04 Å². The van der Waals surface area contributed by atoms with Gasteiger partial charge in [0.2, 0.25) is 5.91 Å². The third-order valence-electron chi connectivity index (χ3n) is 6.99. The molecule has 8 heteroatoms. The van der Waals surface area contributed by atoms with Crippen molar-refractivity contribution in [2.24, 2.45) is 0 Å². The number of hydrogen-bond acceptors (Lipinski definition) is 7. The van der Waals surface area contributed by atoms with Gasteiger partial charge in [0.05, 0.1) is 35.4 Å². The Morgan fingerprint density at radius 2 is 1.86 bits per heavy atom. The third kappa shape index (κ3) is 3.49. The van der Waals surface area contributed by atoms with Crippen molar-refractivity contribution >= 4 is 17.4 Å². The van der Waals surface area contributed by atoms with E-state index in [4.69, 9.17) is 4.74 Å². The number of carbonyl (C=O) groups excluding carboxylic acids is 1. The number of ether oxygens (including phenoxy) is 1. The zero-order valence-corrected chi connectivity index (χ0v) is 17.7. The summed E-state index contributed by atoms with van der Waals surface area (Å²) in [6.07, 6.45) is 6.03. The van der Waals surface area contributed by atoms with Crippen LogP contribution in [0.5, 0.6) is 0 Å². The number of aromatic nitrogens is 2. The van der Waals surface area contributed by atoms with Crippen molar-refractivity contribution in [1.29, 1.82) is 0 Å². The standard InChI is InChI=1S/C20H31N5O2S/c1-13-10-24(11-14(2)27-13)15-5-7-23(8-6-15)12-19(26)25-16-3-4-18(25)20-17(9-16)21-22-28-20/h13-16,18H,3-12H2,1-2H3/t13-,14-,16+,18+/m0/s1. The number of fused-ring (bicyclic) bond motifs is 4. The molecule has 3 saturated heterocycles. The molecule has 7 nitrogen and oxygen atoms in total. The van der Waals surface area contributed by atoms with Gasteiger partial charge in [-0.05, 0) is 51.1 Å². The fourth-order valence-corrected chi connectivity index (χ4v) is 6.59. The highest BCUT2D eigenvalue weighted by molar-refractivity contribution is 7.05. The summed E-state index contributed by atoms with van der Waals surface area (Å²) in [7, 11) is 0. The van der Waals surface area contributed by atoms with Gasteiger partial charge in [0.1, 0.15) is 0 Å². The average molecular weight is 406 g/mol. The van der Waals surface area contributed by atoms with Crippen LogP contribution in [-0.4, -0.2) is 87.2 Å². The van der Waals surface area contributed by atoms with Gasteiger partial charge in [0.25, 0.3) is 0 Å². The Bertz CT molecular complexity index is 709. The van der Waals surface area contributed by atoms with Crippen LogP contribution in [0.15, 0.2) is 0 Å². The first kappa shape index (κ1) is 18.9. The molecule has 1 amide bonds. The number of rotatable bonds is 3. The molecule has 0 unspecified atom stereocenters. The lowest BCUT2D eigenvalue weighted by atomic mass is 10.0. The molecule has 28 heavy (non-hydrogen) atoms. The quantitative estimate of drug-likeness (QED) is 0.763. The van der Waals surface area contributed by atoms with Gasteiger partial charge in [-0.1, -0.05) is 4.49 Å². The van der Waals surface area contributed by atoms with Gasteiger partial charge in [-0.3, -0.25) is 14.6 Å². The lowest BCUT2D eigenvalue weighted by Gasteiger charge is -2.44. The summed E-state index contributed by atoms with van der Waals surface area (Å²) in [5.41, 5.74) is 1.14. The maximum atomic E-state index is 13.1. The first-order chi connectivity index (χ1) is 13.6. The normalized spacial score (nSPS) is 34.6. The van der Waals surface area contributed by atoms with E-state index in [1.54, 1.807) is 0 Å². The van der Waals surface area contributed by atoms with Crippen molar-refractivity contribution in [2.75, 3.05) is 32.7 Å². The van der Waals surface area contributed by atoms with Crippen LogP contribution in [0.25, 0.3) is 0 Å². The lowest BCUT2D eigenvalue weighted by molar-refractivity contribution is -0.136. The molecule has 2 bridgehead atoms. The molecule has 0 aliphatic carbocycles. The van der Waals surface area contributed by atoms with E-state index in [0.717, 1.165) is 64.0 Å². The highest BCUT2D eigenvalue weighted by Crippen LogP contribution is 2.44. The third-order valence-corrected chi connectivity index (χ3v) is 7.86. The Hall–Kier alpha value is -1.09. The minimum atomic E-state index is 0.232. The minimum absolute atomic E-state index is 0.232. The summed E-state index contributed by atoms with van der Waals surface area (Å²) in [5, 5.41) is 4.28. The molecule has 4 atom stereocenters. The van der Waals surface area contributed by atoms with E-state index in [9.17, 15) is 4.79 Å². The topological polar surface area (TPSA) is 61.8 Å². The molecule has 1 aromatic heterocycles. The predicted octanol–water partition coefficient (Wildman–Crippen LogP) is 1.70. The zero-order chi connectivity index (χ0) is 19.3. The van der Waals surface area contributed by atoms with Gasteiger partial charge in [-0.15, -0.1) is 5.10 Å². The number of morpholine rings is 1. The van der Waals surface area contributed by atoms with Gasteiger partial charge >= 0.3 is 0 Å². The fourth-order valence-electron chi connectivity index (χ4n) is 5.78. The highest BCUT2D eigenvalue weighted by Gasteiger charge is 2.44. The molecular formula is C20H31N5O2S. The molecule has 5 rings (SSSR count). The summed E-state index contributed by atoms with van der Waals surface area (Å²) >= 11 is 1.48. The Kier molecular flexibility index (Phi) is 5.15. The zero-order valence-electron chi connectivity index (χ0n) is 16.9. The molecule has 1 aromatic rings. The molecule has 154 valence electrons. The molecule has 0 saturated carbocycles. The molecule has 5 heterocycles. The van der Waals surface area contributed by atoms with Crippen LogP contribution < -0.4 is 0 Å². The number of nitrogens with zero attached hydrogens (tertiary/aromatic N) is 5. The van der Waals surface area contributed by atoms with Crippen molar-refractivity contribution in [3.8, 4) is 0 Å². The Labute approximate surface area is 171 Å². The molecule has 0 aromatic carbocycles. The molecule has 4 aliphatic rings. The molecular weight excluding hydrogens is 374 g/mol. The molecule has 0 radical (unpaired) electrons. The number of likely N-dealkylation sites (tertiary alicyclic amines) is 1. The van der Waals surface area contributed by atoms with Crippen molar-refractivity contribution < 1.29 is 9.53 Å². The summed E-state index contributed by atoms with van der Waals surface area (Å²) < 4.78 is 10.0. The van der Waals surface area contributed by atoms with E-state index in [1.165, 1.54) is 16.4 Å². The van der Waals surface area contributed by atoms with Gasteiger partial charge < -0.3 is 9.64 Å². The van der Waals surface area contributed by atoms with Gasteiger partial charge in [-0.25, -0.2) is 0 Å². The lowest BCUT2D eigenvalue weighted by Crippen LogP contribution is -2.54. The van der Waals surface area contributed by atoms with Gasteiger partial charge in [-0.2, -0.15) is 0 Å². The maximum absolute atomic E-state index is 13.1. The first-order valence-electron chi connectivity index (χ1n) is 10.8. The second-order valence-electron chi connectivity index (χ2n) is 9.05. The van der Waals surface area contributed by atoms with Crippen LogP contribution in [0.2, 0.25) is 0 Å². The number of amides is 1. The van der Waals surface area contributed by atoms with Crippen molar-refractivity contribution in [1.82, 2.24) is 24.3 Å². The van der Waals surface area contributed by atoms with E-state index >= 15 is 0 Å². The van der Waals surface area contributed by atoms with Crippen LogP contribution in [0.3, 0.4) is 0 Å². The van der Waals surface area contributed by atoms with Crippen LogP contribution >= 0.6 is 11.5 Å². The summed E-state index contributed by atoms with van der Waals surface area (Å²) in [6.45, 7) is 9.03. The fraction of sp³-hybridized carbons (Fsp3) is 0.850. The smallest absolute Gasteiger partial charge is 0.237 e. The Morgan fingerprint density at radius 3 is 2.61 bits per heavy atom. The number of carbonyl (C=O) groups is 1. The van der Waals surface area contributed by atoms with Crippen molar-refractivity contribution in [2.45, 2.75) is 76.3 Å². The Morgan fingerprint density at radius 1 is 1.11 bits per heavy atom. The van der Waals surface area contributed by atoms with Crippen LogP contribution in [-0.2, 0) is 16.0 Å². The molecule has 0 spiro atoms. The van der Waals surface area contributed by atoms with Crippen molar-refractivity contribution in [3.05, 3.63) is 10.6 Å². The van der Waals surface area contributed by atoms with E-state index in [2.05, 4.69) is 38.1 Å². The summed E-state index contributed by atoms with van der Waals surface area (Å²) in [4.78, 5) is 21.5. The SMILES string of the molecule is C[C@H]1CN(C2CCN(CC(=O)N3[C@@H]4CC[C@@H]3c3snnc3C4)CC2)C[C@H](C)O1. The Balaban J connectivity index is 1.16. The maximum Gasteiger partial charge on any atom is 0.237 e. The monoisotopic (exact) mass is 405 g/mol. The van der Waals surface area contributed by atoms with Crippen LogP contribution in [0.4, 0.5) is 0 Å². The summed E-state index contributed by atoms with van der Waals surface area (Å²) in [5.74, 6) is 0.304. The van der Waals surface area contributed by atoms with Crippen molar-refractivity contribution in [3.63, 3.8) is 0 Å². The van der Waals surface area contributed by atoms with Gasteiger partial charge in [0.15, 0.2) is 0 Å². The van der Waals surface area contributed by atoms with Crippen LogP contribution in [0, 0.1) is 0 Å². The average Bonchev–Trinajstić information content (AvgIpc) is 3.26. The first-order valence-corrected chi connectivity index (χ1v) is 11.6. The molecule has 4 aliphatic heterocycles. The van der Waals surface area contributed by atoms with E-state index in [1.807, 2.05) is 0 Å². The van der Waals surface area contributed by atoms with E-state index < -0.39 is 0 Å². The highest BCUT2D eigenvalue weighted by atomic mass is 32.1. The predicted molar refractivity (Wildman–Crippen MR) is 107 cm³/mol. The minimum Gasteiger partial charge on any atom is -0.373 e. The molecule has 0 N–H and O–H groups in total. The van der Waals surface area contributed by atoms with Gasteiger partial charge in [0, 0.05) is 44.7 Å². The largest absolute Gasteiger partial charge is 0.373 e. The second-order valence-corrected chi connectivity index (χ2v) is 9.84. The number of hydrogen-bond donors (Lipinski definition) is 0.